The molecule has 3 rings (SSSR count). The molecule has 1 aliphatic heterocycles. The summed E-state index contributed by atoms with van der Waals surface area (Å²) in [5, 5.41) is 18.9. The maximum Gasteiger partial charge on any atom is 0.410 e. The van der Waals surface area contributed by atoms with E-state index in [0.717, 1.165) is 5.56 Å². The van der Waals surface area contributed by atoms with Gasteiger partial charge in [0.15, 0.2) is 8.32 Å². The molecular formula is C22H35N3O5Si. The fourth-order valence-electron chi connectivity index (χ4n) is 3.49. The van der Waals surface area contributed by atoms with Gasteiger partial charge >= 0.3 is 6.09 Å². The minimum atomic E-state index is -2.14. The van der Waals surface area contributed by atoms with Crippen LogP contribution in [0.25, 0.3) is 11.0 Å². The Labute approximate surface area is 185 Å². The average molecular weight is 450 g/mol. The number of fused-ring (bicyclic) bond motifs is 1. The molecular weight excluding hydrogens is 414 g/mol. The quantitative estimate of drug-likeness (QED) is 0.701. The Morgan fingerprint density at radius 2 is 1.84 bits per heavy atom. The van der Waals surface area contributed by atoms with E-state index in [2.05, 4.69) is 44.2 Å². The summed E-state index contributed by atoms with van der Waals surface area (Å²) >= 11 is 0. The Morgan fingerprint density at radius 3 is 2.45 bits per heavy atom. The zero-order valence-electron chi connectivity index (χ0n) is 19.8. The third-order valence-corrected chi connectivity index (χ3v) is 10.7. The SMILES string of the molecule is CC(C)(C)OC(=O)N1C[C@H](O[Si](C)(C)C(C)(C)C)[C@@H](O)[C@H]1Cc1ccc2nonc2c1. The molecule has 2 heterocycles. The number of rotatable bonds is 4. The first-order chi connectivity index (χ1) is 14.2. The average Bonchev–Trinajstić information content (AvgIpc) is 3.18. The molecule has 2 aromatic rings. The van der Waals surface area contributed by atoms with Gasteiger partial charge < -0.3 is 14.3 Å². The number of nitrogens with zero attached hydrogens (tertiary/aromatic N) is 3. The van der Waals surface area contributed by atoms with E-state index in [0.29, 0.717) is 24.0 Å². The molecule has 1 N–H and O–H groups in total. The van der Waals surface area contributed by atoms with Gasteiger partial charge in [-0.1, -0.05) is 26.8 Å². The molecule has 1 fully saturated rings. The van der Waals surface area contributed by atoms with E-state index in [1.54, 1.807) is 4.90 Å². The van der Waals surface area contributed by atoms with Crippen LogP contribution in [-0.4, -0.2) is 65.1 Å². The summed E-state index contributed by atoms with van der Waals surface area (Å²) in [6.07, 6.45) is -1.29. The third-order valence-electron chi connectivity index (χ3n) is 6.20. The first kappa shape index (κ1) is 23.7. The van der Waals surface area contributed by atoms with Crippen LogP contribution in [0.1, 0.15) is 47.1 Å². The Morgan fingerprint density at radius 1 is 1.19 bits per heavy atom. The van der Waals surface area contributed by atoms with E-state index in [-0.39, 0.29) is 5.04 Å². The van der Waals surface area contributed by atoms with Crippen LogP contribution < -0.4 is 0 Å². The standard InChI is InChI=1S/C22H35N3O5Si/c1-21(2,3)28-20(27)25-13-18(29-31(7,8)22(4,5)6)19(26)17(25)12-14-9-10-15-16(11-14)24-30-23-15/h9-11,17-19,26H,12-13H2,1-8H3/t17-,18+,19+/m1/s1. The molecule has 0 aliphatic carbocycles. The van der Waals surface area contributed by atoms with Gasteiger partial charge in [0.1, 0.15) is 22.7 Å². The highest BCUT2D eigenvalue weighted by atomic mass is 28.4. The molecule has 31 heavy (non-hydrogen) atoms. The van der Waals surface area contributed by atoms with Gasteiger partial charge in [0.2, 0.25) is 0 Å². The van der Waals surface area contributed by atoms with Gasteiger partial charge in [-0.3, -0.25) is 4.90 Å². The predicted octanol–water partition coefficient (Wildman–Crippen LogP) is 4.14. The van der Waals surface area contributed by atoms with Crippen molar-refractivity contribution in [1.82, 2.24) is 15.2 Å². The lowest BCUT2D eigenvalue weighted by Crippen LogP contribution is -2.47. The van der Waals surface area contributed by atoms with Crippen molar-refractivity contribution in [3.05, 3.63) is 23.8 Å². The summed E-state index contributed by atoms with van der Waals surface area (Å²) in [5.41, 5.74) is 1.60. The van der Waals surface area contributed by atoms with Gasteiger partial charge in [-0.2, -0.15) is 0 Å². The number of carbonyl (C=O) groups excluding carboxylic acids is 1. The highest BCUT2D eigenvalue weighted by Gasteiger charge is 2.49. The van der Waals surface area contributed by atoms with Crippen LogP contribution in [0.4, 0.5) is 4.79 Å². The van der Waals surface area contributed by atoms with Gasteiger partial charge in [0, 0.05) is 0 Å². The van der Waals surface area contributed by atoms with Crippen LogP contribution in [0.2, 0.25) is 18.1 Å². The van der Waals surface area contributed by atoms with Gasteiger partial charge in [-0.25, -0.2) is 9.42 Å². The summed E-state index contributed by atoms with van der Waals surface area (Å²) in [7, 11) is -2.14. The highest BCUT2D eigenvalue weighted by Crippen LogP contribution is 2.39. The lowest BCUT2D eigenvalue weighted by atomic mass is 10.0. The van der Waals surface area contributed by atoms with E-state index in [9.17, 15) is 9.90 Å². The minimum Gasteiger partial charge on any atom is -0.444 e. The number of aromatic nitrogens is 2. The van der Waals surface area contributed by atoms with Crippen molar-refractivity contribution in [3.63, 3.8) is 0 Å². The molecule has 1 aliphatic rings. The molecule has 0 saturated carbocycles. The van der Waals surface area contributed by atoms with Gasteiger partial charge in [0.25, 0.3) is 0 Å². The van der Waals surface area contributed by atoms with E-state index in [1.165, 1.54) is 0 Å². The van der Waals surface area contributed by atoms with Crippen molar-refractivity contribution in [3.8, 4) is 0 Å². The third kappa shape index (κ3) is 5.27. The molecule has 8 nitrogen and oxygen atoms in total. The van der Waals surface area contributed by atoms with E-state index >= 15 is 0 Å². The second kappa shape index (κ2) is 8.18. The monoisotopic (exact) mass is 449 g/mol. The number of aliphatic hydroxyl groups is 1. The van der Waals surface area contributed by atoms with E-state index in [4.69, 9.17) is 13.8 Å². The molecule has 1 aromatic carbocycles. The van der Waals surface area contributed by atoms with Crippen molar-refractivity contribution in [2.75, 3.05) is 6.54 Å². The summed E-state index contributed by atoms with van der Waals surface area (Å²) in [6, 6.07) is 5.13. The zero-order valence-corrected chi connectivity index (χ0v) is 20.8. The van der Waals surface area contributed by atoms with Crippen LogP contribution in [0.3, 0.4) is 0 Å². The van der Waals surface area contributed by atoms with Gasteiger partial charge in [-0.15, -0.1) is 0 Å². The fraction of sp³-hybridized carbons (Fsp3) is 0.682. The summed E-state index contributed by atoms with van der Waals surface area (Å²) in [4.78, 5) is 14.6. The Bertz CT molecular complexity index is 931. The fourth-order valence-corrected chi connectivity index (χ4v) is 4.81. The molecule has 0 unspecified atom stereocenters. The molecule has 1 aromatic heterocycles. The molecule has 0 bridgehead atoms. The second-order valence-electron chi connectivity index (χ2n) is 10.9. The molecule has 0 spiro atoms. The van der Waals surface area contributed by atoms with Crippen molar-refractivity contribution in [2.45, 2.75) is 89.9 Å². The summed E-state index contributed by atoms with van der Waals surface area (Å²) in [6.45, 7) is 16.6. The molecule has 0 radical (unpaired) electrons. The number of ether oxygens (including phenoxy) is 1. The number of hydrogen-bond donors (Lipinski definition) is 1. The topological polar surface area (TPSA) is 97.9 Å². The maximum atomic E-state index is 13.0. The minimum absolute atomic E-state index is 0.00740. The lowest BCUT2D eigenvalue weighted by Gasteiger charge is -2.39. The molecule has 172 valence electrons. The van der Waals surface area contributed by atoms with Crippen LogP contribution in [0.15, 0.2) is 22.8 Å². The van der Waals surface area contributed by atoms with Crippen LogP contribution in [-0.2, 0) is 15.6 Å². The number of aliphatic hydroxyl groups excluding tert-OH is 1. The first-order valence-corrected chi connectivity index (χ1v) is 13.7. The van der Waals surface area contributed by atoms with Gasteiger partial charge in [-0.05, 0) is 73.3 Å². The van der Waals surface area contributed by atoms with E-state index < -0.39 is 38.3 Å². The Balaban J connectivity index is 1.87. The maximum absolute atomic E-state index is 13.0. The van der Waals surface area contributed by atoms with Crippen LogP contribution in [0.5, 0.6) is 0 Å². The predicted molar refractivity (Wildman–Crippen MR) is 120 cm³/mol. The number of amides is 1. The number of benzene rings is 1. The lowest BCUT2D eigenvalue weighted by molar-refractivity contribution is 0.0143. The summed E-state index contributed by atoms with van der Waals surface area (Å²) in [5.74, 6) is 0. The number of hydrogen-bond acceptors (Lipinski definition) is 7. The largest absolute Gasteiger partial charge is 0.444 e. The van der Waals surface area contributed by atoms with E-state index in [1.807, 2.05) is 39.0 Å². The smallest absolute Gasteiger partial charge is 0.410 e. The number of carbonyl (C=O) groups is 1. The van der Waals surface area contributed by atoms with Crippen LogP contribution in [0, 0.1) is 0 Å². The zero-order chi connectivity index (χ0) is 23.2. The van der Waals surface area contributed by atoms with Crippen molar-refractivity contribution in [2.24, 2.45) is 0 Å². The molecule has 3 atom stereocenters. The second-order valence-corrected chi connectivity index (χ2v) is 15.7. The highest BCUT2D eigenvalue weighted by molar-refractivity contribution is 6.74. The van der Waals surface area contributed by atoms with Gasteiger partial charge in [0.05, 0.1) is 18.7 Å². The van der Waals surface area contributed by atoms with Crippen molar-refractivity contribution < 1.29 is 23.7 Å². The molecule has 9 heteroatoms. The Hall–Kier alpha value is -1.97. The van der Waals surface area contributed by atoms with Crippen molar-refractivity contribution >= 4 is 25.4 Å². The Kier molecular flexibility index (Phi) is 6.25. The van der Waals surface area contributed by atoms with Crippen molar-refractivity contribution in [1.29, 1.82) is 0 Å². The summed E-state index contributed by atoms with van der Waals surface area (Å²) < 4.78 is 16.9. The normalized spacial score (nSPS) is 22.9. The molecule has 1 amide bonds. The van der Waals surface area contributed by atoms with Crippen LogP contribution >= 0.6 is 0 Å². The molecule has 1 saturated heterocycles. The first-order valence-electron chi connectivity index (χ1n) is 10.7. The number of likely N-dealkylation sites (tertiary alicyclic amines) is 1.